The third kappa shape index (κ3) is 4.64. The van der Waals surface area contributed by atoms with Crippen LogP contribution < -0.4 is 19.7 Å². The lowest BCUT2D eigenvalue weighted by atomic mass is 10.0. The molecule has 1 amide bonds. The Morgan fingerprint density at radius 2 is 2.00 bits per heavy atom. The minimum atomic E-state index is -0.224. The molecule has 0 spiro atoms. The highest BCUT2D eigenvalue weighted by molar-refractivity contribution is 5.92. The number of ether oxygens (including phenoxy) is 2. The average Bonchev–Trinajstić information content (AvgIpc) is 2.78. The average molecular weight is 405 g/mol. The quantitative estimate of drug-likeness (QED) is 0.654. The summed E-state index contributed by atoms with van der Waals surface area (Å²) in [6.45, 7) is 4.24. The number of pyridine rings is 1. The van der Waals surface area contributed by atoms with Crippen molar-refractivity contribution in [2.75, 3.05) is 37.0 Å². The molecule has 1 aromatic heterocycles. The Morgan fingerprint density at radius 3 is 2.77 bits per heavy atom. The summed E-state index contributed by atoms with van der Waals surface area (Å²) in [7, 11) is 1.61. The summed E-state index contributed by atoms with van der Waals surface area (Å²) in [6, 6.07) is 17.1. The lowest BCUT2D eigenvalue weighted by Crippen LogP contribution is -2.34. The van der Waals surface area contributed by atoms with E-state index in [0.29, 0.717) is 17.4 Å². The minimum Gasteiger partial charge on any atom is -0.497 e. The summed E-state index contributed by atoms with van der Waals surface area (Å²) >= 11 is 0. The number of methoxy groups -OCH3 is 1. The molecule has 156 valence electrons. The molecule has 0 aliphatic carbocycles. The number of carbonyl (C=O) groups is 1. The maximum Gasteiger partial charge on any atom is 0.262 e. The summed E-state index contributed by atoms with van der Waals surface area (Å²) < 4.78 is 11.0. The van der Waals surface area contributed by atoms with Gasteiger partial charge in [-0.3, -0.25) is 4.79 Å². The van der Waals surface area contributed by atoms with E-state index < -0.39 is 0 Å². The number of anilines is 2. The first-order valence-corrected chi connectivity index (χ1v) is 10.3. The first-order chi connectivity index (χ1) is 14.6. The monoisotopic (exact) mass is 405 g/mol. The van der Waals surface area contributed by atoms with Crippen molar-refractivity contribution in [2.24, 2.45) is 5.92 Å². The number of nitrogens with zero attached hydrogens (tertiary/aromatic N) is 2. The number of hydrogen-bond donors (Lipinski definition) is 1. The highest BCUT2D eigenvalue weighted by Gasteiger charge is 2.18. The number of amides is 1. The van der Waals surface area contributed by atoms with Crippen LogP contribution in [0.2, 0.25) is 0 Å². The molecule has 4 rings (SSSR count). The maximum atomic E-state index is 12.3. The zero-order chi connectivity index (χ0) is 20.9. The van der Waals surface area contributed by atoms with Crippen molar-refractivity contribution in [1.82, 2.24) is 4.98 Å². The molecular weight excluding hydrogens is 378 g/mol. The highest BCUT2D eigenvalue weighted by atomic mass is 16.5. The fourth-order valence-corrected chi connectivity index (χ4v) is 3.81. The van der Waals surface area contributed by atoms with Gasteiger partial charge in [0.25, 0.3) is 5.91 Å². The highest BCUT2D eigenvalue weighted by Crippen LogP contribution is 2.28. The van der Waals surface area contributed by atoms with E-state index in [1.165, 1.54) is 12.8 Å². The lowest BCUT2D eigenvalue weighted by molar-refractivity contribution is -0.118. The molecule has 6 nitrogen and oxygen atoms in total. The first-order valence-electron chi connectivity index (χ1n) is 10.3. The van der Waals surface area contributed by atoms with Crippen LogP contribution in [0.15, 0.2) is 54.6 Å². The van der Waals surface area contributed by atoms with Gasteiger partial charge in [-0.2, -0.15) is 0 Å². The van der Waals surface area contributed by atoms with Crippen LogP contribution in [0, 0.1) is 5.92 Å². The predicted molar refractivity (Wildman–Crippen MR) is 119 cm³/mol. The second kappa shape index (κ2) is 9.03. The maximum absolute atomic E-state index is 12.3. The smallest absolute Gasteiger partial charge is 0.262 e. The largest absolute Gasteiger partial charge is 0.497 e. The first kappa shape index (κ1) is 20.0. The van der Waals surface area contributed by atoms with Crippen molar-refractivity contribution in [2.45, 2.75) is 19.8 Å². The molecule has 2 aromatic carbocycles. The van der Waals surface area contributed by atoms with Gasteiger partial charge in [-0.25, -0.2) is 4.98 Å². The number of piperidine rings is 1. The van der Waals surface area contributed by atoms with Gasteiger partial charge in [-0.05, 0) is 61.2 Å². The van der Waals surface area contributed by atoms with Crippen molar-refractivity contribution in [3.8, 4) is 11.5 Å². The Balaban J connectivity index is 1.46. The summed E-state index contributed by atoms with van der Waals surface area (Å²) in [5.41, 5.74) is 1.48. The molecule has 3 aromatic rings. The van der Waals surface area contributed by atoms with E-state index in [4.69, 9.17) is 14.5 Å². The predicted octanol–water partition coefficient (Wildman–Crippen LogP) is 4.50. The van der Waals surface area contributed by atoms with Gasteiger partial charge in [0.2, 0.25) is 0 Å². The Bertz CT molecular complexity index is 1020. The number of fused-ring (bicyclic) bond motifs is 1. The van der Waals surface area contributed by atoms with Gasteiger partial charge in [0.15, 0.2) is 6.61 Å². The zero-order valence-corrected chi connectivity index (χ0v) is 17.4. The van der Waals surface area contributed by atoms with E-state index in [0.717, 1.165) is 35.6 Å². The molecule has 6 heteroatoms. The summed E-state index contributed by atoms with van der Waals surface area (Å²) in [5, 5.41) is 3.83. The van der Waals surface area contributed by atoms with E-state index in [-0.39, 0.29) is 12.5 Å². The molecule has 1 saturated heterocycles. The molecule has 1 N–H and O–H groups in total. The SMILES string of the molecule is COc1ccc(NC(=O)COc2cccc3ccc(N4CCC[C@@H](C)C4)nc23)cc1. The minimum absolute atomic E-state index is 0.0855. The Kier molecular flexibility index (Phi) is 6.02. The van der Waals surface area contributed by atoms with E-state index in [2.05, 4.69) is 29.3 Å². The van der Waals surface area contributed by atoms with Crippen LogP contribution in [0.5, 0.6) is 11.5 Å². The van der Waals surface area contributed by atoms with Crippen LogP contribution in [-0.2, 0) is 4.79 Å². The number of hydrogen-bond acceptors (Lipinski definition) is 5. The van der Waals surface area contributed by atoms with Crippen LogP contribution in [0.1, 0.15) is 19.8 Å². The second-order valence-corrected chi connectivity index (χ2v) is 7.76. The van der Waals surface area contributed by atoms with Crippen molar-refractivity contribution < 1.29 is 14.3 Å². The van der Waals surface area contributed by atoms with Gasteiger partial charge in [0.05, 0.1) is 7.11 Å². The number of aromatic nitrogens is 1. The van der Waals surface area contributed by atoms with E-state index in [1.54, 1.807) is 31.4 Å². The van der Waals surface area contributed by atoms with Crippen molar-refractivity contribution in [3.05, 3.63) is 54.6 Å². The van der Waals surface area contributed by atoms with Gasteiger partial charge in [-0.1, -0.05) is 19.1 Å². The van der Waals surface area contributed by atoms with Crippen LogP contribution in [-0.4, -0.2) is 37.7 Å². The Morgan fingerprint density at radius 1 is 1.17 bits per heavy atom. The summed E-state index contributed by atoms with van der Waals surface area (Å²) in [5.74, 6) is 2.77. The van der Waals surface area contributed by atoms with Gasteiger partial charge >= 0.3 is 0 Å². The Hall–Kier alpha value is -3.28. The number of carbonyl (C=O) groups excluding carboxylic acids is 1. The normalized spacial score (nSPS) is 16.3. The fourth-order valence-electron chi connectivity index (χ4n) is 3.81. The van der Waals surface area contributed by atoms with Crippen LogP contribution >= 0.6 is 0 Å². The van der Waals surface area contributed by atoms with Crippen molar-refractivity contribution in [3.63, 3.8) is 0 Å². The van der Waals surface area contributed by atoms with Crippen molar-refractivity contribution >= 4 is 28.3 Å². The molecule has 1 aliphatic heterocycles. The molecule has 0 saturated carbocycles. The van der Waals surface area contributed by atoms with Crippen molar-refractivity contribution in [1.29, 1.82) is 0 Å². The molecule has 0 radical (unpaired) electrons. The third-order valence-electron chi connectivity index (χ3n) is 5.38. The van der Waals surface area contributed by atoms with E-state index in [1.807, 2.05) is 18.2 Å². The number of rotatable bonds is 6. The van der Waals surface area contributed by atoms with E-state index in [9.17, 15) is 4.79 Å². The molecule has 0 unspecified atom stereocenters. The number of benzene rings is 2. The van der Waals surface area contributed by atoms with Crippen LogP contribution in [0.25, 0.3) is 10.9 Å². The lowest BCUT2D eigenvalue weighted by Gasteiger charge is -2.32. The fraction of sp³-hybridized carbons (Fsp3) is 0.333. The second-order valence-electron chi connectivity index (χ2n) is 7.76. The molecular formula is C24H27N3O3. The molecule has 1 atom stereocenters. The Labute approximate surface area is 176 Å². The molecule has 2 heterocycles. The summed E-state index contributed by atoms with van der Waals surface area (Å²) in [4.78, 5) is 19.5. The standard InChI is InChI=1S/C24H27N3O3/c1-17-5-4-14-27(15-17)22-13-8-18-6-3-7-21(24(18)26-22)30-16-23(28)25-19-9-11-20(29-2)12-10-19/h3,6-13,17H,4-5,14-16H2,1-2H3,(H,25,28)/t17-/m1/s1. The van der Waals surface area contributed by atoms with E-state index >= 15 is 0 Å². The van der Waals surface area contributed by atoms with Gasteiger partial charge in [-0.15, -0.1) is 0 Å². The summed E-state index contributed by atoms with van der Waals surface area (Å²) in [6.07, 6.45) is 2.45. The van der Waals surface area contributed by atoms with Crippen LogP contribution in [0.3, 0.4) is 0 Å². The molecule has 1 aliphatic rings. The third-order valence-corrected chi connectivity index (χ3v) is 5.38. The molecule has 30 heavy (non-hydrogen) atoms. The molecule has 1 fully saturated rings. The van der Waals surface area contributed by atoms with Crippen LogP contribution in [0.4, 0.5) is 11.5 Å². The van der Waals surface area contributed by atoms with Gasteiger partial charge in [0, 0.05) is 24.2 Å². The number of nitrogens with one attached hydrogen (secondary N) is 1. The van der Waals surface area contributed by atoms with Gasteiger partial charge in [0.1, 0.15) is 22.8 Å². The molecule has 0 bridgehead atoms. The topological polar surface area (TPSA) is 63.7 Å². The number of para-hydroxylation sites is 1. The van der Waals surface area contributed by atoms with Gasteiger partial charge < -0.3 is 19.7 Å². The zero-order valence-electron chi connectivity index (χ0n) is 17.4.